The fourth-order valence-corrected chi connectivity index (χ4v) is 4.03. The predicted molar refractivity (Wildman–Crippen MR) is 131 cm³/mol. The third kappa shape index (κ3) is 9.26. The molecule has 0 atom stereocenters. The van der Waals surface area contributed by atoms with Gasteiger partial charge in [-0.2, -0.15) is 0 Å². The van der Waals surface area contributed by atoms with Gasteiger partial charge in [0, 0.05) is 23.5 Å². The van der Waals surface area contributed by atoms with E-state index in [4.69, 9.17) is 10.1 Å². The van der Waals surface area contributed by atoms with Crippen LogP contribution in [0.15, 0.2) is 28.4 Å². The Bertz CT molecular complexity index is 822. The Balaban J connectivity index is 2.15. The number of unbranched alkanes of at least 4 members (excludes halogenated alkanes) is 4. The summed E-state index contributed by atoms with van der Waals surface area (Å²) < 4.78 is 0.970. The summed E-state index contributed by atoms with van der Waals surface area (Å²) in [5, 5.41) is 9.06. The van der Waals surface area contributed by atoms with Crippen LogP contribution in [-0.2, 0) is 17.6 Å². The van der Waals surface area contributed by atoms with Crippen molar-refractivity contribution in [3.63, 3.8) is 0 Å². The largest absolute Gasteiger partial charge is 0.481 e. The minimum absolute atomic E-state index is 0.153. The Hall–Kier alpha value is -2.14. The quantitative estimate of drug-likeness (QED) is 0.292. The van der Waals surface area contributed by atoms with Crippen LogP contribution < -0.4 is 0 Å². The summed E-state index contributed by atoms with van der Waals surface area (Å²) >= 11 is 0. The number of nitrogens with zero attached hydrogens (tertiary/aromatic N) is 2. The number of nitrogens with one attached hydrogen (secondary N) is 1. The lowest BCUT2D eigenvalue weighted by Gasteiger charge is -2.23. The summed E-state index contributed by atoms with van der Waals surface area (Å²) in [6.45, 7) is 5.43. The van der Waals surface area contributed by atoms with E-state index >= 15 is 0 Å². The molecular weight excluding hydrogens is 386 g/mol. The normalized spacial score (nSPS) is 15.5. The highest BCUT2D eigenvalue weighted by Crippen LogP contribution is 2.28. The molecule has 2 heterocycles. The monoisotopic (exact) mass is 428 g/mol. The minimum atomic E-state index is -0.755. The lowest BCUT2D eigenvalue weighted by molar-refractivity contribution is -0.870. The van der Waals surface area contributed by atoms with Gasteiger partial charge < -0.3 is 14.6 Å². The number of H-pyrrole nitrogens is 1. The van der Waals surface area contributed by atoms with Crippen molar-refractivity contribution < 1.29 is 14.4 Å². The lowest BCUT2D eigenvalue weighted by atomic mass is 10.0. The highest BCUT2D eigenvalue weighted by molar-refractivity contribution is 5.98. The van der Waals surface area contributed by atoms with E-state index in [1.165, 1.54) is 43.2 Å². The number of aliphatic imine (C=N–C) groups is 1. The molecule has 0 saturated carbocycles. The maximum atomic E-state index is 11.0. The van der Waals surface area contributed by atoms with Gasteiger partial charge in [-0.25, -0.2) is 0 Å². The molecule has 0 unspecified atom stereocenters. The molecule has 0 saturated heterocycles. The molecule has 1 aromatic heterocycles. The first-order valence-electron chi connectivity index (χ1n) is 11.9. The first-order valence-corrected chi connectivity index (χ1v) is 11.9. The Morgan fingerprint density at radius 1 is 1.10 bits per heavy atom. The number of quaternary nitrogens is 1. The number of aryl methyl sites for hydroxylation is 2. The molecule has 172 valence electrons. The lowest BCUT2D eigenvalue weighted by Crippen LogP contribution is -2.35. The van der Waals surface area contributed by atoms with Gasteiger partial charge in [-0.3, -0.25) is 9.79 Å². The molecule has 0 aliphatic carbocycles. The fourth-order valence-electron chi connectivity index (χ4n) is 4.03. The van der Waals surface area contributed by atoms with Crippen molar-refractivity contribution >= 4 is 17.8 Å². The van der Waals surface area contributed by atoms with Crippen LogP contribution in [0.1, 0.15) is 82.2 Å². The van der Waals surface area contributed by atoms with Crippen molar-refractivity contribution in [2.24, 2.45) is 4.99 Å². The third-order valence-electron chi connectivity index (χ3n) is 5.71. The number of carboxylic acid groups (broad SMARTS) is 1. The van der Waals surface area contributed by atoms with Crippen molar-refractivity contribution in [2.45, 2.75) is 78.1 Å². The van der Waals surface area contributed by atoms with Gasteiger partial charge in [-0.05, 0) is 62.0 Å². The number of aromatic nitrogens is 1. The molecule has 1 aliphatic heterocycles. The summed E-state index contributed by atoms with van der Waals surface area (Å²) in [6.07, 6.45) is 14.5. The highest BCUT2D eigenvalue weighted by atomic mass is 16.4. The molecule has 5 nitrogen and oxygen atoms in total. The number of hydrogen-bond donors (Lipinski definition) is 2. The first kappa shape index (κ1) is 25.1. The molecule has 0 bridgehead atoms. The van der Waals surface area contributed by atoms with Crippen LogP contribution in [0.25, 0.3) is 6.08 Å². The molecule has 2 N–H and O–H groups in total. The van der Waals surface area contributed by atoms with E-state index in [0.717, 1.165) is 53.1 Å². The highest BCUT2D eigenvalue weighted by Gasteiger charge is 2.16. The SMILES string of the molecule is CCCCCCCc1cc(CCC(=O)O)[nH]c1C=C1N=C(C)C=C1CCC[N+](C)(C)C. The van der Waals surface area contributed by atoms with Gasteiger partial charge in [0.15, 0.2) is 0 Å². The molecule has 0 amide bonds. The van der Waals surface area contributed by atoms with E-state index in [-0.39, 0.29) is 6.42 Å². The number of carbonyl (C=O) groups is 1. The fraction of sp³-hybridized carbons (Fsp3) is 0.615. The predicted octanol–water partition coefficient (Wildman–Crippen LogP) is 5.77. The van der Waals surface area contributed by atoms with E-state index in [9.17, 15) is 4.79 Å². The molecule has 1 aliphatic rings. The van der Waals surface area contributed by atoms with Crippen LogP contribution in [0.5, 0.6) is 0 Å². The molecule has 0 aromatic carbocycles. The summed E-state index contributed by atoms with van der Waals surface area (Å²) in [4.78, 5) is 19.3. The third-order valence-corrected chi connectivity index (χ3v) is 5.71. The molecule has 0 radical (unpaired) electrons. The Kier molecular flexibility index (Phi) is 9.76. The zero-order valence-electron chi connectivity index (χ0n) is 20.3. The zero-order valence-corrected chi connectivity index (χ0v) is 20.3. The van der Waals surface area contributed by atoms with E-state index in [2.05, 4.69) is 58.2 Å². The standard InChI is InChI=1S/C26H41N3O2/c1-6-7-8-9-10-12-22-18-23(14-15-26(30)31)28-25(22)19-24-21(17-20(2)27-24)13-11-16-29(3,4)5/h17-19H,6-16H2,1-5H3,(H-,27,28,30,31)/p+1. The van der Waals surface area contributed by atoms with Gasteiger partial charge in [-0.15, -0.1) is 0 Å². The molecule has 0 spiro atoms. The molecule has 0 fully saturated rings. The smallest absolute Gasteiger partial charge is 0.303 e. The Morgan fingerprint density at radius 2 is 1.84 bits per heavy atom. The second-order valence-electron chi connectivity index (χ2n) is 9.86. The van der Waals surface area contributed by atoms with Gasteiger partial charge >= 0.3 is 5.97 Å². The van der Waals surface area contributed by atoms with Crippen LogP contribution in [0, 0.1) is 0 Å². The minimum Gasteiger partial charge on any atom is -0.481 e. The van der Waals surface area contributed by atoms with Gasteiger partial charge in [-0.1, -0.05) is 32.6 Å². The average molecular weight is 429 g/mol. The summed E-state index contributed by atoms with van der Waals surface area (Å²) in [7, 11) is 6.68. The summed E-state index contributed by atoms with van der Waals surface area (Å²) in [6, 6.07) is 2.17. The Morgan fingerprint density at radius 3 is 2.52 bits per heavy atom. The number of hydrogen-bond acceptors (Lipinski definition) is 2. The second kappa shape index (κ2) is 12.0. The van der Waals surface area contributed by atoms with Gasteiger partial charge in [0.2, 0.25) is 0 Å². The average Bonchev–Trinajstić information content (AvgIpc) is 3.22. The van der Waals surface area contributed by atoms with Crippen LogP contribution in [0.3, 0.4) is 0 Å². The van der Waals surface area contributed by atoms with E-state index in [0.29, 0.717) is 6.42 Å². The second-order valence-corrected chi connectivity index (χ2v) is 9.86. The molecule has 5 heteroatoms. The van der Waals surface area contributed by atoms with Crippen molar-refractivity contribution in [1.82, 2.24) is 4.98 Å². The van der Waals surface area contributed by atoms with Crippen LogP contribution in [0.4, 0.5) is 0 Å². The molecular formula is C26H42N3O2+. The summed E-state index contributed by atoms with van der Waals surface area (Å²) in [5.41, 5.74) is 6.81. The Labute approximate surface area is 188 Å². The zero-order chi connectivity index (χ0) is 22.9. The maximum absolute atomic E-state index is 11.0. The molecule has 31 heavy (non-hydrogen) atoms. The summed E-state index contributed by atoms with van der Waals surface area (Å²) in [5.74, 6) is -0.755. The van der Waals surface area contributed by atoms with Crippen LogP contribution >= 0.6 is 0 Å². The van der Waals surface area contributed by atoms with Gasteiger partial charge in [0.1, 0.15) is 0 Å². The number of aliphatic carboxylic acids is 1. The van der Waals surface area contributed by atoms with Crippen molar-refractivity contribution in [1.29, 1.82) is 0 Å². The molecule has 1 aromatic rings. The molecule has 2 rings (SSSR count). The van der Waals surface area contributed by atoms with E-state index in [1.54, 1.807) is 0 Å². The first-order chi connectivity index (χ1) is 14.7. The number of carboxylic acids is 1. The number of allylic oxidation sites excluding steroid dienone is 2. The number of rotatable bonds is 14. The number of aromatic amines is 1. The maximum Gasteiger partial charge on any atom is 0.303 e. The van der Waals surface area contributed by atoms with Crippen molar-refractivity contribution in [3.05, 3.63) is 40.4 Å². The topological polar surface area (TPSA) is 65.4 Å². The van der Waals surface area contributed by atoms with E-state index < -0.39 is 5.97 Å². The van der Waals surface area contributed by atoms with Crippen molar-refractivity contribution in [2.75, 3.05) is 27.7 Å². The van der Waals surface area contributed by atoms with Gasteiger partial charge in [0.05, 0.1) is 39.8 Å². The van der Waals surface area contributed by atoms with Crippen LogP contribution in [0.2, 0.25) is 0 Å². The van der Waals surface area contributed by atoms with Crippen LogP contribution in [-0.4, -0.2) is 53.9 Å². The van der Waals surface area contributed by atoms with Crippen molar-refractivity contribution in [3.8, 4) is 0 Å². The van der Waals surface area contributed by atoms with Gasteiger partial charge in [0.25, 0.3) is 0 Å². The van der Waals surface area contributed by atoms with E-state index in [1.807, 2.05) is 0 Å².